The molecule has 4 N–H and O–H groups in total. The van der Waals surface area contributed by atoms with E-state index in [2.05, 4.69) is 37.2 Å². The lowest BCUT2D eigenvalue weighted by Gasteiger charge is -2.24. The average Bonchev–Trinajstić information content (AvgIpc) is 3.09. The molecule has 7 nitrogen and oxygen atoms in total. The molecule has 0 unspecified atom stereocenters. The van der Waals surface area contributed by atoms with Crippen LogP contribution in [0.4, 0.5) is 11.8 Å². The van der Waals surface area contributed by atoms with Gasteiger partial charge in [-0.1, -0.05) is 12.8 Å². The van der Waals surface area contributed by atoms with Crippen molar-refractivity contribution in [1.29, 1.82) is 0 Å². The molecular formula is C13H21N7. The molecule has 0 aliphatic heterocycles. The van der Waals surface area contributed by atoms with Crippen LogP contribution in [0.3, 0.4) is 0 Å². The maximum absolute atomic E-state index is 5.69. The van der Waals surface area contributed by atoms with Crippen LogP contribution in [0.25, 0.3) is 11.2 Å². The van der Waals surface area contributed by atoms with Gasteiger partial charge in [-0.15, -0.1) is 0 Å². The second kappa shape index (κ2) is 5.62. The van der Waals surface area contributed by atoms with Gasteiger partial charge in [0.15, 0.2) is 11.5 Å². The highest BCUT2D eigenvalue weighted by atomic mass is 15.2. The van der Waals surface area contributed by atoms with E-state index in [9.17, 15) is 0 Å². The van der Waals surface area contributed by atoms with Crippen LogP contribution in [0.15, 0.2) is 6.33 Å². The van der Waals surface area contributed by atoms with E-state index in [0.29, 0.717) is 5.65 Å². The van der Waals surface area contributed by atoms with Crippen LogP contribution in [0.5, 0.6) is 0 Å². The van der Waals surface area contributed by atoms with Crippen LogP contribution < -0.4 is 11.1 Å². The highest BCUT2D eigenvalue weighted by Gasteiger charge is 2.19. The molecule has 2 heterocycles. The number of H-pyrrole nitrogens is 1. The highest BCUT2D eigenvalue weighted by molar-refractivity contribution is 5.83. The van der Waals surface area contributed by atoms with Crippen molar-refractivity contribution < 1.29 is 0 Å². The summed E-state index contributed by atoms with van der Waals surface area (Å²) in [5, 5.41) is 3.32. The van der Waals surface area contributed by atoms with Crippen molar-refractivity contribution >= 4 is 22.9 Å². The molecular weight excluding hydrogens is 254 g/mol. The van der Waals surface area contributed by atoms with Crippen molar-refractivity contribution in [3.05, 3.63) is 6.33 Å². The van der Waals surface area contributed by atoms with E-state index in [1.165, 1.54) is 25.7 Å². The molecule has 20 heavy (non-hydrogen) atoms. The lowest BCUT2D eigenvalue weighted by Crippen LogP contribution is -2.33. The van der Waals surface area contributed by atoms with E-state index < -0.39 is 0 Å². The third kappa shape index (κ3) is 2.67. The van der Waals surface area contributed by atoms with Gasteiger partial charge in [-0.2, -0.15) is 9.97 Å². The number of nitrogens with two attached hydrogens (primary N) is 1. The molecule has 1 aliphatic carbocycles. The van der Waals surface area contributed by atoms with Gasteiger partial charge in [-0.3, -0.25) is 0 Å². The molecule has 1 saturated carbocycles. The fraction of sp³-hybridized carbons (Fsp3) is 0.615. The van der Waals surface area contributed by atoms with E-state index in [0.717, 1.165) is 30.5 Å². The number of anilines is 2. The maximum Gasteiger partial charge on any atom is 0.224 e. The Kier molecular flexibility index (Phi) is 3.68. The fourth-order valence-corrected chi connectivity index (χ4v) is 2.86. The monoisotopic (exact) mass is 275 g/mol. The minimum absolute atomic E-state index is 0.247. The van der Waals surface area contributed by atoms with E-state index in [4.69, 9.17) is 5.73 Å². The van der Waals surface area contributed by atoms with Gasteiger partial charge in [0.2, 0.25) is 5.95 Å². The Labute approximate surface area is 118 Å². The van der Waals surface area contributed by atoms with Gasteiger partial charge in [-0.05, 0) is 19.9 Å². The van der Waals surface area contributed by atoms with Gasteiger partial charge in [0, 0.05) is 19.1 Å². The molecule has 0 aromatic carbocycles. The largest absolute Gasteiger partial charge is 0.368 e. The summed E-state index contributed by atoms with van der Waals surface area (Å²) in [6.07, 6.45) is 6.97. The van der Waals surface area contributed by atoms with Crippen LogP contribution in [0.1, 0.15) is 25.7 Å². The Morgan fingerprint density at radius 1 is 1.40 bits per heavy atom. The summed E-state index contributed by atoms with van der Waals surface area (Å²) >= 11 is 0. The van der Waals surface area contributed by atoms with Crippen molar-refractivity contribution in [1.82, 2.24) is 24.8 Å². The summed E-state index contributed by atoms with van der Waals surface area (Å²) in [7, 11) is 2.19. The Balaban J connectivity index is 1.60. The number of nitrogen functional groups attached to an aromatic ring is 1. The third-order valence-corrected chi connectivity index (χ3v) is 4.01. The summed E-state index contributed by atoms with van der Waals surface area (Å²) in [4.78, 5) is 17.9. The minimum Gasteiger partial charge on any atom is -0.368 e. The number of imidazole rings is 1. The molecule has 0 radical (unpaired) electrons. The zero-order valence-corrected chi connectivity index (χ0v) is 11.8. The highest BCUT2D eigenvalue weighted by Crippen LogP contribution is 2.22. The standard InChI is InChI=1S/C13H21N7/c1-20(9-4-2-3-5-9)7-6-15-11-10-12(17-8-16-10)19-13(14)18-11/h8-9H,2-7H2,1H3,(H4,14,15,16,17,18,19). The van der Waals surface area contributed by atoms with Gasteiger partial charge < -0.3 is 20.9 Å². The molecule has 0 atom stereocenters. The third-order valence-electron chi connectivity index (χ3n) is 4.01. The van der Waals surface area contributed by atoms with E-state index >= 15 is 0 Å². The second-order valence-corrected chi connectivity index (χ2v) is 5.38. The van der Waals surface area contributed by atoms with Gasteiger partial charge in [0.05, 0.1) is 6.33 Å². The molecule has 2 aromatic rings. The zero-order valence-electron chi connectivity index (χ0n) is 11.8. The zero-order chi connectivity index (χ0) is 13.9. The summed E-state index contributed by atoms with van der Waals surface area (Å²) in [5.41, 5.74) is 7.10. The minimum atomic E-state index is 0.247. The van der Waals surface area contributed by atoms with Crippen LogP contribution >= 0.6 is 0 Å². The van der Waals surface area contributed by atoms with Crippen molar-refractivity contribution in [2.45, 2.75) is 31.7 Å². The first kappa shape index (κ1) is 13.1. The lowest BCUT2D eigenvalue weighted by molar-refractivity contribution is 0.254. The number of hydrogen-bond donors (Lipinski definition) is 3. The van der Waals surface area contributed by atoms with Gasteiger partial charge >= 0.3 is 0 Å². The SMILES string of the molecule is CN(CCNc1nc(N)nc2nc[nH]c12)C1CCCC1. The average molecular weight is 275 g/mol. The maximum atomic E-state index is 5.69. The van der Waals surface area contributed by atoms with E-state index in [1.54, 1.807) is 6.33 Å². The van der Waals surface area contributed by atoms with Crippen molar-refractivity contribution in [2.75, 3.05) is 31.2 Å². The van der Waals surface area contributed by atoms with Crippen molar-refractivity contribution in [2.24, 2.45) is 0 Å². The second-order valence-electron chi connectivity index (χ2n) is 5.38. The number of rotatable bonds is 5. The van der Waals surface area contributed by atoms with Crippen LogP contribution in [0.2, 0.25) is 0 Å². The lowest BCUT2D eigenvalue weighted by atomic mass is 10.2. The normalized spacial score (nSPS) is 16.3. The Hall–Kier alpha value is -1.89. The molecule has 0 saturated heterocycles. The fourth-order valence-electron chi connectivity index (χ4n) is 2.86. The van der Waals surface area contributed by atoms with Crippen LogP contribution in [0, 0.1) is 0 Å². The predicted molar refractivity (Wildman–Crippen MR) is 79.5 cm³/mol. The molecule has 0 spiro atoms. The molecule has 2 aromatic heterocycles. The number of fused-ring (bicyclic) bond motifs is 1. The number of aromatic nitrogens is 4. The smallest absolute Gasteiger partial charge is 0.224 e. The first-order valence-electron chi connectivity index (χ1n) is 7.15. The molecule has 1 fully saturated rings. The van der Waals surface area contributed by atoms with Crippen LogP contribution in [-0.4, -0.2) is 51.0 Å². The molecule has 1 aliphatic rings. The summed E-state index contributed by atoms with van der Waals surface area (Å²) in [6, 6.07) is 0.736. The molecule has 3 rings (SSSR count). The first-order chi connectivity index (χ1) is 9.74. The summed E-state index contributed by atoms with van der Waals surface area (Å²) in [6.45, 7) is 1.82. The predicted octanol–water partition coefficient (Wildman–Crippen LogP) is 1.22. The summed E-state index contributed by atoms with van der Waals surface area (Å²) in [5.74, 6) is 0.973. The number of aromatic amines is 1. The van der Waals surface area contributed by atoms with Crippen molar-refractivity contribution in [3.8, 4) is 0 Å². The van der Waals surface area contributed by atoms with E-state index in [1.807, 2.05) is 0 Å². The Bertz CT molecular complexity index is 573. The van der Waals surface area contributed by atoms with Gasteiger partial charge in [0.25, 0.3) is 0 Å². The number of nitrogens with one attached hydrogen (secondary N) is 2. The van der Waals surface area contributed by atoms with Gasteiger partial charge in [0.1, 0.15) is 5.52 Å². The molecule has 0 bridgehead atoms. The van der Waals surface area contributed by atoms with Crippen molar-refractivity contribution in [3.63, 3.8) is 0 Å². The molecule has 0 amide bonds. The first-order valence-corrected chi connectivity index (χ1v) is 7.15. The Morgan fingerprint density at radius 2 is 2.20 bits per heavy atom. The summed E-state index contributed by atoms with van der Waals surface area (Å²) < 4.78 is 0. The quantitative estimate of drug-likeness (QED) is 0.759. The number of hydrogen-bond acceptors (Lipinski definition) is 6. The number of nitrogens with zero attached hydrogens (tertiary/aromatic N) is 4. The topological polar surface area (TPSA) is 95.8 Å². The molecule has 108 valence electrons. The Morgan fingerprint density at radius 3 is 3.00 bits per heavy atom. The van der Waals surface area contributed by atoms with Gasteiger partial charge in [-0.25, -0.2) is 4.98 Å². The van der Waals surface area contributed by atoms with E-state index in [-0.39, 0.29) is 5.95 Å². The number of likely N-dealkylation sites (N-methyl/N-ethyl adjacent to an activating group) is 1. The van der Waals surface area contributed by atoms with Crippen LogP contribution in [-0.2, 0) is 0 Å². The molecule has 7 heteroatoms.